The molecule has 0 atom stereocenters. The van der Waals surface area contributed by atoms with E-state index >= 15 is 0 Å². The van der Waals surface area contributed by atoms with Crippen LogP contribution in [0.4, 0.5) is 10.7 Å². The molecule has 0 saturated carbocycles. The summed E-state index contributed by atoms with van der Waals surface area (Å²) in [5.74, 6) is -1.67. The van der Waals surface area contributed by atoms with Crippen LogP contribution < -0.4 is 16.0 Å². The van der Waals surface area contributed by atoms with Crippen molar-refractivity contribution in [3.63, 3.8) is 0 Å². The maximum Gasteiger partial charge on any atom is 0.256 e. The number of rotatable bonds is 6. The number of primary amides is 1. The number of nitrogens with two attached hydrogens (primary N) is 1. The van der Waals surface area contributed by atoms with Gasteiger partial charge in [-0.3, -0.25) is 9.59 Å². The molecule has 0 aliphatic carbocycles. The van der Waals surface area contributed by atoms with E-state index in [-0.39, 0.29) is 19.7 Å². The third-order valence-corrected chi connectivity index (χ3v) is 6.94. The number of hydrogen-bond acceptors (Lipinski definition) is 7. The monoisotopic (exact) mass is 411 g/mol. The fraction of sp³-hybridized carbons (Fsp3) is 0.294. The predicted octanol–water partition coefficient (Wildman–Crippen LogP) is 1.46. The summed E-state index contributed by atoms with van der Waals surface area (Å²) in [7, 11) is -0.363. The molecule has 0 fully saturated rings. The summed E-state index contributed by atoms with van der Waals surface area (Å²) in [5, 5.41) is 12.1. The van der Waals surface area contributed by atoms with Gasteiger partial charge in [0.2, 0.25) is 9.84 Å². The lowest BCUT2D eigenvalue weighted by atomic mass is 10.1. The highest BCUT2D eigenvalue weighted by Gasteiger charge is 2.29. The lowest BCUT2D eigenvalue weighted by Gasteiger charge is -2.16. The predicted molar refractivity (Wildman–Crippen MR) is 104 cm³/mol. The summed E-state index contributed by atoms with van der Waals surface area (Å²) >= 11 is 0.703. The Morgan fingerprint density at radius 2 is 1.85 bits per heavy atom. The molecule has 0 spiro atoms. The minimum atomic E-state index is -3.93. The van der Waals surface area contributed by atoms with Crippen LogP contribution >= 0.6 is 11.3 Å². The highest BCUT2D eigenvalue weighted by Crippen LogP contribution is 2.35. The van der Waals surface area contributed by atoms with Crippen LogP contribution in [0.1, 0.15) is 24.2 Å². The molecule has 2 aromatic rings. The van der Waals surface area contributed by atoms with Gasteiger partial charge in [-0.1, -0.05) is 6.07 Å². The van der Waals surface area contributed by atoms with Gasteiger partial charge in [-0.2, -0.15) is 0 Å². The van der Waals surface area contributed by atoms with Gasteiger partial charge in [-0.05, 0) is 38.1 Å². The Morgan fingerprint density at radius 3 is 2.37 bits per heavy atom. The lowest BCUT2D eigenvalue weighted by molar-refractivity contribution is -0.130. The molecule has 0 aliphatic heterocycles. The first-order chi connectivity index (χ1) is 12.3. The van der Waals surface area contributed by atoms with Gasteiger partial charge in [0.1, 0.15) is 14.8 Å². The van der Waals surface area contributed by atoms with E-state index < -0.39 is 27.3 Å². The second-order valence-electron chi connectivity index (χ2n) is 6.58. The Kier molecular flexibility index (Phi) is 5.64. The number of sulfone groups is 1. The molecule has 0 unspecified atom stereocenters. The number of carbonyl (C=O) groups excluding carboxylic acids is 2. The largest absolute Gasteiger partial charge is 0.381 e. The quantitative estimate of drug-likeness (QED) is 0.660. The minimum Gasteiger partial charge on any atom is -0.381 e. The van der Waals surface area contributed by atoms with E-state index in [4.69, 9.17) is 5.73 Å². The maximum atomic E-state index is 13.0. The SMILES string of the molecule is CN(C)c1cccc(S(=O)(=O)c2cc(C(N)=O)c(NC(=O)C(C)(C)O)s2)c1. The number of hydrogen-bond donors (Lipinski definition) is 3. The summed E-state index contributed by atoms with van der Waals surface area (Å²) in [4.78, 5) is 25.5. The number of aliphatic hydroxyl groups is 1. The van der Waals surface area contributed by atoms with Crippen molar-refractivity contribution in [3.8, 4) is 0 Å². The van der Waals surface area contributed by atoms with Crippen LogP contribution in [0.5, 0.6) is 0 Å². The number of nitrogens with one attached hydrogen (secondary N) is 1. The lowest BCUT2D eigenvalue weighted by Crippen LogP contribution is -2.36. The third kappa shape index (κ3) is 4.46. The zero-order chi connectivity index (χ0) is 20.6. The second kappa shape index (κ2) is 7.29. The van der Waals surface area contributed by atoms with Gasteiger partial charge in [0, 0.05) is 19.8 Å². The Hall–Kier alpha value is -2.43. The molecule has 0 bridgehead atoms. The summed E-state index contributed by atoms with van der Waals surface area (Å²) in [5.41, 5.74) is 4.15. The average molecular weight is 412 g/mol. The van der Waals surface area contributed by atoms with E-state index in [9.17, 15) is 23.1 Å². The Morgan fingerprint density at radius 1 is 1.22 bits per heavy atom. The Balaban J connectivity index is 2.52. The second-order valence-corrected chi connectivity index (χ2v) is 9.81. The average Bonchev–Trinajstić information content (AvgIpc) is 2.99. The van der Waals surface area contributed by atoms with Crippen LogP contribution in [-0.4, -0.2) is 45.0 Å². The fourth-order valence-corrected chi connectivity index (χ4v) is 4.89. The highest BCUT2D eigenvalue weighted by molar-refractivity contribution is 7.93. The maximum absolute atomic E-state index is 13.0. The van der Waals surface area contributed by atoms with E-state index in [1.807, 2.05) is 0 Å². The summed E-state index contributed by atoms with van der Waals surface area (Å²) in [6.45, 7) is 2.54. The number of benzene rings is 1. The van der Waals surface area contributed by atoms with Crippen molar-refractivity contribution in [2.24, 2.45) is 5.73 Å². The van der Waals surface area contributed by atoms with Crippen molar-refractivity contribution in [1.29, 1.82) is 0 Å². The van der Waals surface area contributed by atoms with Crippen molar-refractivity contribution < 1.29 is 23.1 Å². The zero-order valence-corrected chi connectivity index (χ0v) is 16.9. The van der Waals surface area contributed by atoms with E-state index in [2.05, 4.69) is 5.32 Å². The van der Waals surface area contributed by atoms with Gasteiger partial charge in [0.25, 0.3) is 11.8 Å². The molecule has 146 valence electrons. The van der Waals surface area contributed by atoms with Gasteiger partial charge in [-0.25, -0.2) is 8.42 Å². The van der Waals surface area contributed by atoms with Gasteiger partial charge >= 0.3 is 0 Å². The molecule has 1 heterocycles. The first-order valence-corrected chi connectivity index (χ1v) is 10.1. The topological polar surface area (TPSA) is 130 Å². The normalized spacial score (nSPS) is 11.9. The van der Waals surface area contributed by atoms with Gasteiger partial charge in [0.05, 0.1) is 10.5 Å². The molecule has 1 aromatic carbocycles. The molecule has 4 N–H and O–H groups in total. The molecule has 2 rings (SSSR count). The molecular weight excluding hydrogens is 390 g/mol. The van der Waals surface area contributed by atoms with Crippen LogP contribution in [0.15, 0.2) is 39.4 Å². The first kappa shape index (κ1) is 20.9. The van der Waals surface area contributed by atoms with Gasteiger partial charge < -0.3 is 21.1 Å². The molecule has 8 nitrogen and oxygen atoms in total. The summed E-state index contributed by atoms with van der Waals surface area (Å²) in [6, 6.07) is 7.46. The highest BCUT2D eigenvalue weighted by atomic mass is 32.2. The fourth-order valence-electron chi connectivity index (χ4n) is 2.08. The number of thiophene rings is 1. The van der Waals surface area contributed by atoms with Crippen LogP contribution in [0, 0.1) is 0 Å². The van der Waals surface area contributed by atoms with Crippen LogP contribution in [-0.2, 0) is 14.6 Å². The van der Waals surface area contributed by atoms with E-state index in [0.29, 0.717) is 17.0 Å². The Labute approximate surface area is 161 Å². The van der Waals surface area contributed by atoms with E-state index in [1.165, 1.54) is 26.0 Å². The van der Waals surface area contributed by atoms with Crippen LogP contribution in [0.25, 0.3) is 0 Å². The number of carbonyl (C=O) groups is 2. The Bertz CT molecular complexity index is 988. The number of amides is 2. The van der Waals surface area contributed by atoms with Crippen molar-refractivity contribution in [3.05, 3.63) is 35.9 Å². The molecule has 0 aliphatic rings. The molecule has 10 heteroatoms. The van der Waals surface area contributed by atoms with Crippen LogP contribution in [0.2, 0.25) is 0 Å². The molecule has 2 amide bonds. The van der Waals surface area contributed by atoms with Gasteiger partial charge in [0.15, 0.2) is 0 Å². The zero-order valence-electron chi connectivity index (χ0n) is 15.3. The van der Waals surface area contributed by atoms with Crippen molar-refractivity contribution in [1.82, 2.24) is 0 Å². The van der Waals surface area contributed by atoms with Crippen LogP contribution in [0.3, 0.4) is 0 Å². The molecule has 27 heavy (non-hydrogen) atoms. The van der Waals surface area contributed by atoms with Gasteiger partial charge in [-0.15, -0.1) is 11.3 Å². The molecule has 1 aromatic heterocycles. The minimum absolute atomic E-state index is 0.0306. The molecule has 0 saturated heterocycles. The molecular formula is C17H21N3O5S2. The third-order valence-electron chi connectivity index (χ3n) is 3.67. The summed E-state index contributed by atoms with van der Waals surface area (Å²) in [6.07, 6.45) is 0. The van der Waals surface area contributed by atoms with E-state index in [1.54, 1.807) is 31.1 Å². The first-order valence-electron chi connectivity index (χ1n) is 7.84. The van der Waals surface area contributed by atoms with Crippen molar-refractivity contribution in [2.45, 2.75) is 28.6 Å². The standard InChI is InChI=1S/C17H21N3O5S2/c1-17(2,23)16(22)19-15-12(14(18)21)9-13(26-15)27(24,25)11-7-5-6-10(8-11)20(3)4/h5-9,23H,1-4H3,(H2,18,21)(H,19,22). The number of anilines is 2. The number of nitrogens with zero attached hydrogens (tertiary/aromatic N) is 1. The van der Waals surface area contributed by atoms with Crippen molar-refractivity contribution in [2.75, 3.05) is 24.3 Å². The smallest absolute Gasteiger partial charge is 0.256 e. The summed E-state index contributed by atoms with van der Waals surface area (Å²) < 4.78 is 25.8. The molecule has 0 radical (unpaired) electrons. The van der Waals surface area contributed by atoms with Crippen molar-refractivity contribution >= 4 is 43.7 Å². The van der Waals surface area contributed by atoms with E-state index in [0.717, 1.165) is 6.07 Å².